The first kappa shape index (κ1) is 17.4. The molecule has 0 radical (unpaired) electrons. The van der Waals surface area contributed by atoms with Gasteiger partial charge in [0.25, 0.3) is 5.89 Å². The molecule has 0 aliphatic heterocycles. The Kier molecular flexibility index (Phi) is 4.45. The molecule has 0 saturated carbocycles. The Morgan fingerprint density at radius 2 is 1.96 bits per heavy atom. The van der Waals surface area contributed by atoms with Crippen LogP contribution in [0.15, 0.2) is 41.1 Å². The van der Waals surface area contributed by atoms with Crippen molar-refractivity contribution in [3.8, 4) is 22.8 Å². The van der Waals surface area contributed by atoms with Crippen LogP contribution in [0.5, 0.6) is 0 Å². The summed E-state index contributed by atoms with van der Waals surface area (Å²) in [6, 6.07) is 10.1. The summed E-state index contributed by atoms with van der Waals surface area (Å²) in [6.07, 6.45) is 2.80. The highest BCUT2D eigenvalue weighted by molar-refractivity contribution is 5.90. The SMILES string of the molecule is CCC(C)n1ncc2c(-c3nc(-c4ccc(CN)cc4)no3)cc(C)nc21. The Morgan fingerprint density at radius 1 is 1.19 bits per heavy atom. The number of aryl methyl sites for hydroxylation is 1. The highest BCUT2D eigenvalue weighted by atomic mass is 16.5. The standard InChI is InChI=1S/C20H22N6O/c1-4-13(3)26-19-17(11-22-26)16(9-12(2)23-19)20-24-18(25-27-20)15-7-5-14(10-21)6-8-15/h5-9,11,13H,4,10,21H2,1-3H3. The van der Waals surface area contributed by atoms with E-state index < -0.39 is 0 Å². The van der Waals surface area contributed by atoms with Gasteiger partial charge in [0.05, 0.1) is 23.2 Å². The lowest BCUT2D eigenvalue weighted by Crippen LogP contribution is -2.06. The van der Waals surface area contributed by atoms with Crippen LogP contribution in [0.2, 0.25) is 0 Å². The van der Waals surface area contributed by atoms with E-state index in [2.05, 4.69) is 34.1 Å². The Balaban J connectivity index is 1.78. The topological polar surface area (TPSA) is 95.7 Å². The number of aromatic nitrogens is 5. The largest absolute Gasteiger partial charge is 0.334 e. The molecule has 1 atom stereocenters. The monoisotopic (exact) mass is 362 g/mol. The maximum Gasteiger partial charge on any atom is 0.259 e. The number of nitrogens with zero attached hydrogens (tertiary/aromatic N) is 5. The minimum atomic E-state index is 0.268. The van der Waals surface area contributed by atoms with Gasteiger partial charge in [0.2, 0.25) is 5.82 Å². The summed E-state index contributed by atoms with van der Waals surface area (Å²) >= 11 is 0. The van der Waals surface area contributed by atoms with E-state index in [4.69, 9.17) is 10.3 Å². The maximum atomic E-state index is 5.66. The molecule has 7 heteroatoms. The second-order valence-electron chi connectivity index (χ2n) is 6.72. The van der Waals surface area contributed by atoms with Gasteiger partial charge in [0, 0.05) is 17.8 Å². The molecular weight excluding hydrogens is 340 g/mol. The smallest absolute Gasteiger partial charge is 0.259 e. The van der Waals surface area contributed by atoms with Gasteiger partial charge in [-0.15, -0.1) is 0 Å². The third-order valence-electron chi connectivity index (χ3n) is 4.81. The lowest BCUT2D eigenvalue weighted by Gasteiger charge is -2.10. The molecule has 27 heavy (non-hydrogen) atoms. The van der Waals surface area contributed by atoms with E-state index in [1.807, 2.05) is 48.1 Å². The van der Waals surface area contributed by atoms with Gasteiger partial charge in [-0.2, -0.15) is 10.1 Å². The third-order valence-corrected chi connectivity index (χ3v) is 4.81. The molecule has 0 aliphatic carbocycles. The van der Waals surface area contributed by atoms with Crippen molar-refractivity contribution in [2.75, 3.05) is 0 Å². The van der Waals surface area contributed by atoms with Gasteiger partial charge < -0.3 is 10.3 Å². The number of benzene rings is 1. The van der Waals surface area contributed by atoms with Crippen LogP contribution >= 0.6 is 0 Å². The van der Waals surface area contributed by atoms with Crippen molar-refractivity contribution in [2.45, 2.75) is 39.8 Å². The van der Waals surface area contributed by atoms with Gasteiger partial charge in [-0.1, -0.05) is 36.3 Å². The Labute approximate surface area is 157 Å². The van der Waals surface area contributed by atoms with E-state index in [9.17, 15) is 0 Å². The zero-order valence-corrected chi connectivity index (χ0v) is 15.7. The molecule has 3 aromatic heterocycles. The summed E-state index contributed by atoms with van der Waals surface area (Å²) in [5.74, 6) is 1.01. The predicted molar refractivity (Wildman–Crippen MR) is 104 cm³/mol. The van der Waals surface area contributed by atoms with Crippen LogP contribution in [0.4, 0.5) is 0 Å². The molecule has 0 amide bonds. The number of pyridine rings is 1. The molecule has 7 nitrogen and oxygen atoms in total. The van der Waals surface area contributed by atoms with Crippen molar-refractivity contribution >= 4 is 11.0 Å². The van der Waals surface area contributed by atoms with Gasteiger partial charge in [0.15, 0.2) is 5.65 Å². The van der Waals surface area contributed by atoms with Crippen LogP contribution in [-0.2, 0) is 6.54 Å². The van der Waals surface area contributed by atoms with E-state index in [1.165, 1.54) is 0 Å². The fourth-order valence-corrected chi connectivity index (χ4v) is 3.06. The van der Waals surface area contributed by atoms with Crippen LogP contribution in [-0.4, -0.2) is 24.9 Å². The fraction of sp³-hybridized carbons (Fsp3) is 0.300. The predicted octanol–water partition coefficient (Wildman–Crippen LogP) is 3.89. The molecule has 0 fully saturated rings. The minimum absolute atomic E-state index is 0.268. The quantitative estimate of drug-likeness (QED) is 0.579. The second-order valence-corrected chi connectivity index (χ2v) is 6.72. The first-order valence-corrected chi connectivity index (χ1v) is 9.09. The molecule has 0 aliphatic rings. The van der Waals surface area contributed by atoms with Gasteiger partial charge >= 0.3 is 0 Å². The zero-order chi connectivity index (χ0) is 19.0. The average Bonchev–Trinajstić information content (AvgIpc) is 3.34. The van der Waals surface area contributed by atoms with Gasteiger partial charge in [0.1, 0.15) is 0 Å². The summed E-state index contributed by atoms with van der Waals surface area (Å²) in [6.45, 7) is 6.73. The first-order valence-electron chi connectivity index (χ1n) is 9.09. The van der Waals surface area contributed by atoms with Crippen molar-refractivity contribution < 1.29 is 4.52 Å². The normalized spacial score (nSPS) is 12.6. The molecule has 1 unspecified atom stereocenters. The lowest BCUT2D eigenvalue weighted by molar-refractivity contribution is 0.432. The fourth-order valence-electron chi connectivity index (χ4n) is 3.06. The van der Waals surface area contributed by atoms with Gasteiger partial charge in [-0.3, -0.25) is 0 Å². The lowest BCUT2D eigenvalue weighted by atomic mass is 10.1. The van der Waals surface area contributed by atoms with Gasteiger partial charge in [-0.05, 0) is 31.9 Å². The van der Waals surface area contributed by atoms with Crippen LogP contribution in [0.1, 0.15) is 37.6 Å². The van der Waals surface area contributed by atoms with Crippen molar-refractivity contribution in [2.24, 2.45) is 5.73 Å². The maximum absolute atomic E-state index is 5.66. The zero-order valence-electron chi connectivity index (χ0n) is 15.7. The number of hydrogen-bond donors (Lipinski definition) is 1. The van der Waals surface area contributed by atoms with E-state index in [0.29, 0.717) is 18.3 Å². The number of hydrogen-bond acceptors (Lipinski definition) is 6. The first-order chi connectivity index (χ1) is 13.1. The second kappa shape index (κ2) is 6.92. The van der Waals surface area contributed by atoms with Crippen molar-refractivity contribution in [3.05, 3.63) is 47.8 Å². The van der Waals surface area contributed by atoms with Crippen molar-refractivity contribution in [1.82, 2.24) is 24.9 Å². The Bertz CT molecular complexity index is 1080. The van der Waals surface area contributed by atoms with E-state index in [0.717, 1.165) is 39.8 Å². The van der Waals surface area contributed by atoms with Crippen molar-refractivity contribution in [1.29, 1.82) is 0 Å². The summed E-state index contributed by atoms with van der Waals surface area (Å²) < 4.78 is 7.52. The highest BCUT2D eigenvalue weighted by Gasteiger charge is 2.18. The summed E-state index contributed by atoms with van der Waals surface area (Å²) in [5.41, 5.74) is 10.2. The molecule has 1 aromatic carbocycles. The summed E-state index contributed by atoms with van der Waals surface area (Å²) in [4.78, 5) is 9.27. The third kappa shape index (κ3) is 3.10. The summed E-state index contributed by atoms with van der Waals surface area (Å²) in [7, 11) is 0. The molecule has 0 bridgehead atoms. The van der Waals surface area contributed by atoms with Gasteiger partial charge in [-0.25, -0.2) is 9.67 Å². The number of rotatable bonds is 5. The molecule has 0 spiro atoms. The molecule has 0 saturated heterocycles. The number of nitrogens with two attached hydrogens (primary N) is 1. The average molecular weight is 362 g/mol. The highest BCUT2D eigenvalue weighted by Crippen LogP contribution is 2.30. The van der Waals surface area contributed by atoms with E-state index >= 15 is 0 Å². The molecule has 2 N–H and O–H groups in total. The Hall–Kier alpha value is -3.06. The van der Waals surface area contributed by atoms with E-state index in [1.54, 1.807) is 0 Å². The van der Waals surface area contributed by atoms with Crippen LogP contribution in [0.25, 0.3) is 33.9 Å². The minimum Gasteiger partial charge on any atom is -0.334 e. The van der Waals surface area contributed by atoms with Crippen LogP contribution in [0.3, 0.4) is 0 Å². The molecule has 4 aromatic rings. The summed E-state index contributed by atoms with van der Waals surface area (Å²) in [5, 5.41) is 9.59. The number of fused-ring (bicyclic) bond motifs is 1. The molecule has 4 rings (SSSR count). The molecule has 3 heterocycles. The van der Waals surface area contributed by atoms with Crippen molar-refractivity contribution in [3.63, 3.8) is 0 Å². The van der Waals surface area contributed by atoms with Crippen LogP contribution in [0, 0.1) is 6.92 Å². The van der Waals surface area contributed by atoms with Crippen LogP contribution < -0.4 is 5.73 Å². The Morgan fingerprint density at radius 3 is 2.67 bits per heavy atom. The van der Waals surface area contributed by atoms with E-state index in [-0.39, 0.29) is 6.04 Å². The molecule has 138 valence electrons. The molecular formula is C20H22N6O.